The largest absolute Gasteiger partial charge is 0.441 e. The smallest absolute Gasteiger partial charge is 0.408 e. The van der Waals surface area contributed by atoms with Crippen molar-refractivity contribution < 1.29 is 18.7 Å². The second-order valence-electron chi connectivity index (χ2n) is 10.7. The predicted octanol–water partition coefficient (Wildman–Crippen LogP) is 2.00. The number of rotatable bonds is 6. The van der Waals surface area contributed by atoms with Gasteiger partial charge in [-0.15, -0.1) is 0 Å². The number of anilines is 3. The van der Waals surface area contributed by atoms with E-state index in [0.717, 1.165) is 62.8 Å². The number of hydrogen-bond acceptors (Lipinski definition) is 9. The van der Waals surface area contributed by atoms with Gasteiger partial charge < -0.3 is 29.9 Å². The van der Waals surface area contributed by atoms with Crippen LogP contribution in [0.1, 0.15) is 31.1 Å². The van der Waals surface area contributed by atoms with Crippen LogP contribution in [0.3, 0.4) is 0 Å². The molecule has 2 aliphatic heterocycles. The fraction of sp³-hybridized carbons (Fsp3) is 0.583. The number of imidazole rings is 1. The summed E-state index contributed by atoms with van der Waals surface area (Å²) in [7, 11) is 2.11. The van der Waals surface area contributed by atoms with Crippen LogP contribution in [0.2, 0.25) is 0 Å². The van der Waals surface area contributed by atoms with Crippen molar-refractivity contribution in [2.75, 3.05) is 50.1 Å². The Balaban J connectivity index is 1.03. The summed E-state index contributed by atoms with van der Waals surface area (Å²) < 4.78 is 28.0. The van der Waals surface area contributed by atoms with Gasteiger partial charge in [0.25, 0.3) is 0 Å². The van der Waals surface area contributed by atoms with Gasteiger partial charge in [-0.1, -0.05) is 0 Å². The van der Waals surface area contributed by atoms with E-state index in [1.165, 1.54) is 0 Å². The van der Waals surface area contributed by atoms with E-state index in [2.05, 4.69) is 42.7 Å². The lowest BCUT2D eigenvalue weighted by Gasteiger charge is -2.61. The van der Waals surface area contributed by atoms with E-state index < -0.39 is 24.5 Å². The molecule has 13 heteroatoms. The highest BCUT2D eigenvalue weighted by molar-refractivity contribution is 5.69. The third-order valence-corrected chi connectivity index (χ3v) is 8.10. The van der Waals surface area contributed by atoms with Crippen LogP contribution >= 0.6 is 0 Å². The number of carbonyl (C=O) groups is 1. The van der Waals surface area contributed by atoms with Gasteiger partial charge >= 0.3 is 6.09 Å². The number of likely N-dealkylation sites (N-methyl/N-ethyl adjacent to an activating group) is 1. The number of ether oxygens (including phenoxy) is 2. The van der Waals surface area contributed by atoms with Crippen molar-refractivity contribution in [2.45, 2.75) is 43.2 Å². The van der Waals surface area contributed by atoms with Gasteiger partial charge in [0.2, 0.25) is 5.95 Å². The first-order valence-corrected chi connectivity index (χ1v) is 12.8. The Hall–Kier alpha value is -3.45. The number of fused-ring (bicyclic) bond motifs is 1. The summed E-state index contributed by atoms with van der Waals surface area (Å²) in [6.45, 7) is 3.68. The van der Waals surface area contributed by atoms with Crippen LogP contribution in [-0.2, 0) is 9.47 Å². The van der Waals surface area contributed by atoms with Crippen molar-refractivity contribution in [3.05, 3.63) is 30.2 Å². The number of halogens is 1. The highest BCUT2D eigenvalue weighted by Crippen LogP contribution is 2.57. The highest BCUT2D eigenvalue weighted by atomic mass is 19.1. The molecule has 0 spiro atoms. The fourth-order valence-corrected chi connectivity index (χ4v) is 5.81. The molecule has 5 aliphatic rings. The molecule has 37 heavy (non-hydrogen) atoms. The molecular formula is C24H30FN9O3. The average molecular weight is 512 g/mol. The Labute approximate surface area is 212 Å². The number of aromatic amines is 1. The van der Waals surface area contributed by atoms with Crippen molar-refractivity contribution in [2.24, 2.45) is 5.92 Å². The van der Waals surface area contributed by atoms with E-state index in [0.29, 0.717) is 17.5 Å². The van der Waals surface area contributed by atoms with Gasteiger partial charge in [0, 0.05) is 56.2 Å². The third kappa shape index (κ3) is 4.06. The number of nitrogens with zero attached hydrogens (tertiary/aromatic N) is 6. The van der Waals surface area contributed by atoms with Crippen LogP contribution < -0.4 is 15.5 Å². The predicted molar refractivity (Wildman–Crippen MR) is 132 cm³/mol. The van der Waals surface area contributed by atoms with Crippen LogP contribution in [-0.4, -0.2) is 93.2 Å². The van der Waals surface area contributed by atoms with Crippen LogP contribution in [0, 0.1) is 5.92 Å². The molecule has 3 atom stereocenters. The minimum Gasteiger partial charge on any atom is -0.441 e. The maximum absolute atomic E-state index is 15.2. The SMILES string of the molecule is CN1CCN(c2cc3nccn3c(Nc3cc([C@@H]4OC[C@H](OC(=O)NC56CC(C5)C6)[C@@H]4F)[nH]n3)n2)CC1. The van der Waals surface area contributed by atoms with Gasteiger partial charge in [-0.3, -0.25) is 9.50 Å². The monoisotopic (exact) mass is 511 g/mol. The minimum atomic E-state index is -1.51. The molecule has 3 aliphatic carbocycles. The first-order chi connectivity index (χ1) is 17.9. The molecule has 8 rings (SSSR count). The molecule has 5 heterocycles. The molecule has 3 aromatic heterocycles. The summed E-state index contributed by atoms with van der Waals surface area (Å²) in [5, 5.41) is 13.3. The molecule has 2 saturated heterocycles. The number of H-pyrrole nitrogens is 1. The number of aromatic nitrogens is 5. The maximum Gasteiger partial charge on any atom is 0.408 e. The van der Waals surface area contributed by atoms with Gasteiger partial charge in [-0.2, -0.15) is 10.1 Å². The molecule has 5 fully saturated rings. The van der Waals surface area contributed by atoms with Gasteiger partial charge in [0.1, 0.15) is 17.6 Å². The Morgan fingerprint density at radius 2 is 2.05 bits per heavy atom. The van der Waals surface area contributed by atoms with Crippen molar-refractivity contribution in [1.82, 2.24) is 34.8 Å². The molecule has 196 valence electrons. The average Bonchev–Trinajstić information content (AvgIpc) is 3.57. The second-order valence-corrected chi connectivity index (χ2v) is 10.7. The Kier molecular flexibility index (Phi) is 5.25. The maximum atomic E-state index is 15.2. The van der Waals surface area contributed by atoms with E-state index in [9.17, 15) is 4.79 Å². The van der Waals surface area contributed by atoms with Crippen LogP contribution in [0.5, 0.6) is 0 Å². The van der Waals surface area contributed by atoms with Crippen molar-refractivity contribution >= 4 is 29.3 Å². The van der Waals surface area contributed by atoms with Crippen LogP contribution in [0.25, 0.3) is 5.65 Å². The number of nitrogens with one attached hydrogen (secondary N) is 3. The third-order valence-electron chi connectivity index (χ3n) is 8.10. The summed E-state index contributed by atoms with van der Waals surface area (Å²) in [5.41, 5.74) is 1.10. The zero-order valence-electron chi connectivity index (χ0n) is 20.6. The lowest BCUT2D eigenvalue weighted by Crippen LogP contribution is -2.68. The summed E-state index contributed by atoms with van der Waals surface area (Å²) in [4.78, 5) is 26.0. The van der Waals surface area contributed by atoms with Gasteiger partial charge in [-0.05, 0) is 32.2 Å². The molecule has 0 aromatic carbocycles. The Morgan fingerprint density at radius 1 is 1.24 bits per heavy atom. The zero-order valence-corrected chi connectivity index (χ0v) is 20.6. The van der Waals surface area contributed by atoms with E-state index in [-0.39, 0.29) is 12.1 Å². The lowest BCUT2D eigenvalue weighted by atomic mass is 9.50. The van der Waals surface area contributed by atoms with E-state index >= 15 is 4.39 Å². The molecule has 2 bridgehead atoms. The lowest BCUT2D eigenvalue weighted by molar-refractivity contribution is -0.0528. The summed E-state index contributed by atoms with van der Waals surface area (Å²) in [6.07, 6.45) is 2.57. The van der Waals surface area contributed by atoms with E-state index in [1.54, 1.807) is 12.3 Å². The van der Waals surface area contributed by atoms with E-state index in [4.69, 9.17) is 14.5 Å². The molecule has 3 saturated carbocycles. The van der Waals surface area contributed by atoms with Gasteiger partial charge in [0.15, 0.2) is 18.1 Å². The summed E-state index contributed by atoms with van der Waals surface area (Å²) in [5.74, 6) is 2.59. The standard InChI is InChI=1S/C24H30FN9O3/c1-32-4-6-33(7-5-32)19-9-18-26-2-3-34(18)22(28-19)27-17-8-15(30-31-17)21-20(25)16(13-36-21)37-23(35)29-24-10-14(11-24)12-24/h2-3,8-9,14,16,20-21H,4-7,10-13H2,1H3,(H,29,35)(H2,27,28,30,31)/t14?,16-,20-,21-,24?/m0/s1. The number of alkyl carbamates (subject to hydrolysis) is 1. The topological polar surface area (TPSA) is 125 Å². The molecule has 0 unspecified atom stereocenters. The Bertz CT molecular complexity index is 1300. The Morgan fingerprint density at radius 3 is 2.81 bits per heavy atom. The summed E-state index contributed by atoms with van der Waals surface area (Å²) in [6, 6.07) is 3.66. The number of alkyl halides is 1. The van der Waals surface area contributed by atoms with Crippen molar-refractivity contribution in [3.63, 3.8) is 0 Å². The van der Waals surface area contributed by atoms with Gasteiger partial charge in [0.05, 0.1) is 12.3 Å². The normalized spacial score (nSPS) is 31.1. The first-order valence-electron chi connectivity index (χ1n) is 12.8. The highest BCUT2D eigenvalue weighted by Gasteiger charge is 2.58. The number of hydrogen-bond donors (Lipinski definition) is 3. The molecule has 3 aromatic rings. The van der Waals surface area contributed by atoms with Crippen molar-refractivity contribution in [1.29, 1.82) is 0 Å². The molecule has 0 radical (unpaired) electrons. The summed E-state index contributed by atoms with van der Waals surface area (Å²) >= 11 is 0. The molecule has 1 amide bonds. The molecular weight excluding hydrogens is 481 g/mol. The number of carbonyl (C=O) groups excluding carboxylic acids is 1. The first kappa shape index (κ1) is 22.7. The van der Waals surface area contributed by atoms with Crippen LogP contribution in [0.4, 0.5) is 26.8 Å². The quantitative estimate of drug-likeness (QED) is 0.456. The van der Waals surface area contributed by atoms with Crippen molar-refractivity contribution in [3.8, 4) is 0 Å². The van der Waals surface area contributed by atoms with E-state index in [1.807, 2.05) is 16.7 Å². The fourth-order valence-electron chi connectivity index (χ4n) is 5.81. The number of amides is 1. The zero-order chi connectivity index (χ0) is 25.1. The van der Waals surface area contributed by atoms with Crippen LogP contribution in [0.15, 0.2) is 24.5 Å². The molecule has 12 nitrogen and oxygen atoms in total. The van der Waals surface area contributed by atoms with Gasteiger partial charge in [-0.25, -0.2) is 14.2 Å². The second kappa shape index (κ2) is 8.55. The number of piperazine rings is 1. The minimum absolute atomic E-state index is 0.0130. The molecule has 3 N–H and O–H groups in total.